The molecule has 1 atom stereocenters. The molecule has 0 saturated carbocycles. The molecular formula is C20H26N8O2. The number of fused-ring (bicyclic) bond motifs is 1. The molecule has 1 amide bonds. The highest BCUT2D eigenvalue weighted by molar-refractivity contribution is 5.90. The Morgan fingerprint density at radius 2 is 1.97 bits per heavy atom. The number of rotatable bonds is 7. The predicted molar refractivity (Wildman–Crippen MR) is 112 cm³/mol. The number of aryl methyl sites for hydroxylation is 2. The fraction of sp³-hybridized carbons (Fsp3) is 0.500. The van der Waals surface area contributed by atoms with Gasteiger partial charge in [0.25, 0.3) is 0 Å². The van der Waals surface area contributed by atoms with E-state index in [0.29, 0.717) is 48.9 Å². The summed E-state index contributed by atoms with van der Waals surface area (Å²) in [7, 11) is 1.67. The SMILES string of the molecule is CC[C@@H](Nc1ncnc2c1nc(-c1cnc(C)nc1)n2CC)C(=O)N1CC(OC)C1. The number of nitrogens with zero attached hydrogens (tertiary/aromatic N) is 7. The predicted octanol–water partition coefficient (Wildman–Crippen LogP) is 1.66. The van der Waals surface area contributed by atoms with Crippen molar-refractivity contribution in [2.45, 2.75) is 45.9 Å². The van der Waals surface area contributed by atoms with Gasteiger partial charge in [-0.25, -0.2) is 24.9 Å². The Morgan fingerprint density at radius 3 is 2.60 bits per heavy atom. The zero-order valence-corrected chi connectivity index (χ0v) is 17.7. The van der Waals surface area contributed by atoms with Gasteiger partial charge < -0.3 is 19.5 Å². The quantitative estimate of drug-likeness (QED) is 0.626. The number of anilines is 1. The van der Waals surface area contributed by atoms with Gasteiger partial charge in [-0.2, -0.15) is 0 Å². The van der Waals surface area contributed by atoms with E-state index in [1.54, 1.807) is 24.4 Å². The summed E-state index contributed by atoms with van der Waals surface area (Å²) in [6, 6.07) is -0.390. The number of aromatic nitrogens is 6. The monoisotopic (exact) mass is 410 g/mol. The Labute approximate surface area is 174 Å². The average Bonchev–Trinajstić information content (AvgIpc) is 3.11. The number of ether oxygens (including phenoxy) is 1. The molecule has 1 saturated heterocycles. The van der Waals surface area contributed by atoms with Crippen molar-refractivity contribution in [3.8, 4) is 11.4 Å². The van der Waals surface area contributed by atoms with Crippen LogP contribution in [0.25, 0.3) is 22.6 Å². The topological polar surface area (TPSA) is 111 Å². The summed E-state index contributed by atoms with van der Waals surface area (Å²) in [4.78, 5) is 36.8. The Bertz CT molecular complexity index is 1040. The second-order valence-electron chi connectivity index (χ2n) is 7.30. The van der Waals surface area contributed by atoms with Crippen LogP contribution in [0.1, 0.15) is 26.1 Å². The number of methoxy groups -OCH3 is 1. The number of amides is 1. The molecule has 10 nitrogen and oxygen atoms in total. The first-order valence-electron chi connectivity index (χ1n) is 10.1. The van der Waals surface area contributed by atoms with E-state index in [1.165, 1.54) is 6.33 Å². The Morgan fingerprint density at radius 1 is 1.23 bits per heavy atom. The summed E-state index contributed by atoms with van der Waals surface area (Å²) >= 11 is 0. The number of hydrogen-bond donors (Lipinski definition) is 1. The molecule has 1 aliphatic rings. The molecule has 0 unspecified atom stereocenters. The maximum Gasteiger partial charge on any atom is 0.245 e. The minimum Gasteiger partial charge on any atom is -0.378 e. The maximum absolute atomic E-state index is 12.9. The third kappa shape index (κ3) is 3.58. The molecule has 1 aliphatic heterocycles. The van der Waals surface area contributed by atoms with E-state index >= 15 is 0 Å². The number of carbonyl (C=O) groups is 1. The summed E-state index contributed by atoms with van der Waals surface area (Å²) in [5.41, 5.74) is 2.14. The van der Waals surface area contributed by atoms with Crippen molar-refractivity contribution in [3.63, 3.8) is 0 Å². The van der Waals surface area contributed by atoms with Crippen molar-refractivity contribution < 1.29 is 9.53 Å². The summed E-state index contributed by atoms with van der Waals surface area (Å²) < 4.78 is 7.27. The van der Waals surface area contributed by atoms with E-state index in [4.69, 9.17) is 9.72 Å². The molecule has 4 rings (SSSR count). The van der Waals surface area contributed by atoms with Gasteiger partial charge in [0.2, 0.25) is 5.91 Å². The summed E-state index contributed by atoms with van der Waals surface area (Å²) in [6.07, 6.45) is 5.76. The van der Waals surface area contributed by atoms with Gasteiger partial charge >= 0.3 is 0 Å². The summed E-state index contributed by atoms with van der Waals surface area (Å²) in [6.45, 7) is 7.77. The van der Waals surface area contributed by atoms with Crippen LogP contribution in [0.15, 0.2) is 18.7 Å². The molecule has 30 heavy (non-hydrogen) atoms. The van der Waals surface area contributed by atoms with E-state index < -0.39 is 0 Å². The highest BCUT2D eigenvalue weighted by Crippen LogP contribution is 2.27. The lowest BCUT2D eigenvalue weighted by atomic mass is 10.1. The molecule has 0 spiro atoms. The first-order valence-corrected chi connectivity index (χ1v) is 10.1. The third-order valence-corrected chi connectivity index (χ3v) is 5.40. The number of hydrogen-bond acceptors (Lipinski definition) is 8. The molecule has 10 heteroatoms. The Hall–Kier alpha value is -3.14. The molecule has 1 N–H and O–H groups in total. The number of likely N-dealkylation sites (tertiary alicyclic amines) is 1. The van der Waals surface area contributed by atoms with Gasteiger partial charge in [0.15, 0.2) is 17.0 Å². The van der Waals surface area contributed by atoms with Crippen molar-refractivity contribution in [2.24, 2.45) is 0 Å². The second-order valence-corrected chi connectivity index (χ2v) is 7.30. The smallest absolute Gasteiger partial charge is 0.245 e. The number of carbonyl (C=O) groups excluding carboxylic acids is 1. The standard InChI is InChI=1S/C20H26N8O2/c1-5-15(20(29)27-9-14(10-27)30-4)25-17-16-19(24-11-23-17)28(6-2)18(26-16)13-7-21-12(3)22-8-13/h7-8,11,14-15H,5-6,9-10H2,1-4H3,(H,23,24,25)/t15-/m1/s1. The van der Waals surface area contributed by atoms with Crippen molar-refractivity contribution in [1.82, 2.24) is 34.4 Å². The molecule has 0 radical (unpaired) electrons. The van der Waals surface area contributed by atoms with Crippen LogP contribution >= 0.6 is 0 Å². The van der Waals surface area contributed by atoms with Crippen LogP contribution in [0.5, 0.6) is 0 Å². The van der Waals surface area contributed by atoms with Crippen molar-refractivity contribution in [3.05, 3.63) is 24.5 Å². The van der Waals surface area contributed by atoms with E-state index in [1.807, 2.05) is 25.3 Å². The first kappa shape index (κ1) is 20.1. The highest BCUT2D eigenvalue weighted by atomic mass is 16.5. The van der Waals surface area contributed by atoms with E-state index in [2.05, 4.69) is 25.3 Å². The highest BCUT2D eigenvalue weighted by Gasteiger charge is 2.34. The van der Waals surface area contributed by atoms with Crippen LogP contribution in [0.4, 0.5) is 5.82 Å². The van der Waals surface area contributed by atoms with Gasteiger partial charge in [0, 0.05) is 39.1 Å². The van der Waals surface area contributed by atoms with Crippen molar-refractivity contribution >= 4 is 22.9 Å². The van der Waals surface area contributed by atoms with Gasteiger partial charge in [-0.15, -0.1) is 0 Å². The van der Waals surface area contributed by atoms with Crippen LogP contribution in [0, 0.1) is 6.92 Å². The third-order valence-electron chi connectivity index (χ3n) is 5.40. The van der Waals surface area contributed by atoms with Crippen LogP contribution in [-0.4, -0.2) is 72.6 Å². The van der Waals surface area contributed by atoms with Crippen molar-refractivity contribution in [2.75, 3.05) is 25.5 Å². The molecule has 4 heterocycles. The molecule has 0 bridgehead atoms. The minimum atomic E-state index is -0.390. The lowest BCUT2D eigenvalue weighted by molar-refractivity contribution is -0.143. The van der Waals surface area contributed by atoms with Crippen LogP contribution in [0.2, 0.25) is 0 Å². The van der Waals surface area contributed by atoms with E-state index in [0.717, 1.165) is 11.4 Å². The van der Waals surface area contributed by atoms with Gasteiger partial charge in [-0.3, -0.25) is 4.79 Å². The molecule has 158 valence electrons. The lowest BCUT2D eigenvalue weighted by Crippen LogP contribution is -2.58. The summed E-state index contributed by atoms with van der Waals surface area (Å²) in [5, 5.41) is 3.29. The Kier molecular flexibility index (Phi) is 5.58. The van der Waals surface area contributed by atoms with Gasteiger partial charge in [0.05, 0.1) is 11.7 Å². The zero-order valence-electron chi connectivity index (χ0n) is 17.7. The maximum atomic E-state index is 12.9. The van der Waals surface area contributed by atoms with E-state index in [9.17, 15) is 4.79 Å². The average molecular weight is 410 g/mol. The summed E-state index contributed by atoms with van der Waals surface area (Å²) in [5.74, 6) is 2.01. The number of nitrogens with one attached hydrogen (secondary N) is 1. The fourth-order valence-corrected chi connectivity index (χ4v) is 3.56. The minimum absolute atomic E-state index is 0.0413. The first-order chi connectivity index (χ1) is 14.5. The van der Waals surface area contributed by atoms with Crippen LogP contribution in [0.3, 0.4) is 0 Å². The molecule has 0 aromatic carbocycles. The van der Waals surface area contributed by atoms with Crippen LogP contribution in [-0.2, 0) is 16.1 Å². The molecule has 3 aromatic heterocycles. The van der Waals surface area contributed by atoms with E-state index in [-0.39, 0.29) is 18.1 Å². The van der Waals surface area contributed by atoms with Gasteiger partial charge in [0.1, 0.15) is 24.0 Å². The molecular weight excluding hydrogens is 384 g/mol. The molecule has 1 fully saturated rings. The van der Waals surface area contributed by atoms with Crippen molar-refractivity contribution in [1.29, 1.82) is 0 Å². The lowest BCUT2D eigenvalue weighted by Gasteiger charge is -2.40. The normalized spacial score (nSPS) is 15.3. The zero-order chi connectivity index (χ0) is 21.3. The van der Waals surface area contributed by atoms with Gasteiger partial charge in [-0.1, -0.05) is 6.92 Å². The molecule has 0 aliphatic carbocycles. The second kappa shape index (κ2) is 8.31. The van der Waals surface area contributed by atoms with Crippen LogP contribution < -0.4 is 5.32 Å². The molecule has 3 aromatic rings. The largest absolute Gasteiger partial charge is 0.378 e. The Balaban J connectivity index is 1.66. The fourth-order valence-electron chi connectivity index (χ4n) is 3.56. The van der Waals surface area contributed by atoms with Gasteiger partial charge in [-0.05, 0) is 20.3 Å². The number of imidazole rings is 1.